The number of phenols is 1. The molecular weight excluding hydrogens is 527 g/mol. The molecule has 0 radical (unpaired) electrons. The first-order chi connectivity index (χ1) is 18.9. The first-order valence-electron chi connectivity index (χ1n) is 13.2. The topological polar surface area (TPSA) is 217 Å². The number of ketones is 2. The lowest BCUT2D eigenvalue weighted by Crippen LogP contribution is -2.63. The number of nitrogens with two attached hydrogens (primary N) is 2. The summed E-state index contributed by atoms with van der Waals surface area (Å²) >= 11 is 0. The molecule has 214 valence electrons. The number of benzene rings is 1. The van der Waals surface area contributed by atoms with Gasteiger partial charge in [0.1, 0.15) is 22.9 Å². The van der Waals surface area contributed by atoms with Gasteiger partial charge in [0.2, 0.25) is 11.7 Å². The van der Waals surface area contributed by atoms with Crippen molar-refractivity contribution in [2.24, 2.45) is 23.3 Å². The van der Waals surface area contributed by atoms with Crippen molar-refractivity contribution in [2.75, 3.05) is 25.0 Å². The Kier molecular flexibility index (Phi) is 6.92. The van der Waals surface area contributed by atoms with Crippen LogP contribution in [0.25, 0.3) is 0 Å². The van der Waals surface area contributed by atoms with E-state index >= 15 is 4.39 Å². The summed E-state index contributed by atoms with van der Waals surface area (Å²) in [6, 6.07) is -0.579. The highest BCUT2D eigenvalue weighted by molar-refractivity contribution is 6.25. The standard InChI is InChI=1S/C27H31FN4O8/c28-14-9-15(31-16(33)10-32-5-3-1-2-4-6-32)21(34)18-12(14)7-11-8-13-20(29)23(36)19(26(30)39)25(38)27(13,40)24(37)17(11)22(18)35/h9,11,13,20,34,36-37,40H,1-8,10,29H2,(H2,30,39)(H,31,33)/t11-,13-,20-,27-/m0/s1. The summed E-state index contributed by atoms with van der Waals surface area (Å²) in [5.41, 5.74) is 5.86. The summed E-state index contributed by atoms with van der Waals surface area (Å²) in [4.78, 5) is 53.2. The third-order valence-electron chi connectivity index (χ3n) is 8.54. The predicted molar refractivity (Wildman–Crippen MR) is 138 cm³/mol. The van der Waals surface area contributed by atoms with Crippen LogP contribution in [0.3, 0.4) is 0 Å². The Hall–Kier alpha value is -3.81. The van der Waals surface area contributed by atoms with Crippen LogP contribution in [0, 0.1) is 17.7 Å². The molecule has 1 aromatic rings. The Morgan fingerprint density at radius 3 is 2.40 bits per heavy atom. The van der Waals surface area contributed by atoms with Crippen molar-refractivity contribution in [3.8, 4) is 5.75 Å². The zero-order valence-electron chi connectivity index (χ0n) is 21.6. The van der Waals surface area contributed by atoms with E-state index in [1.54, 1.807) is 0 Å². The molecule has 0 bridgehead atoms. The SMILES string of the molecule is NC(=O)C1=C(O)[C@@H](N)[C@@H]2C[C@@H]3Cc4c(F)cc(NC(=O)CN5CCCCCC5)c(O)c4C(=O)C3=C(O)[C@]2(O)C1=O. The fraction of sp³-hybridized carbons (Fsp3) is 0.481. The molecule has 13 heteroatoms. The van der Waals surface area contributed by atoms with E-state index in [0.717, 1.165) is 44.8 Å². The van der Waals surface area contributed by atoms with Crippen LogP contribution in [-0.2, 0) is 20.8 Å². The maximum atomic E-state index is 15.3. The zero-order valence-corrected chi connectivity index (χ0v) is 21.6. The molecular formula is C27H31FN4O8. The maximum absolute atomic E-state index is 15.3. The maximum Gasteiger partial charge on any atom is 0.255 e. The van der Waals surface area contributed by atoms with Gasteiger partial charge in [-0.25, -0.2) is 4.39 Å². The normalized spacial score (nSPS) is 28.9. The number of carbonyl (C=O) groups excluding carboxylic acids is 4. The van der Waals surface area contributed by atoms with Crippen LogP contribution >= 0.6 is 0 Å². The molecule has 40 heavy (non-hydrogen) atoms. The monoisotopic (exact) mass is 558 g/mol. The van der Waals surface area contributed by atoms with E-state index in [1.165, 1.54) is 0 Å². The fourth-order valence-corrected chi connectivity index (χ4v) is 6.52. The molecule has 12 nitrogen and oxygen atoms in total. The number of halogens is 1. The number of nitrogens with zero attached hydrogens (tertiary/aromatic N) is 1. The number of rotatable bonds is 4. The van der Waals surface area contributed by atoms with Crippen molar-refractivity contribution < 1.29 is 44.0 Å². The van der Waals surface area contributed by atoms with Crippen LogP contribution in [0.5, 0.6) is 5.75 Å². The quantitative estimate of drug-likeness (QED) is 0.200. The number of primary amides is 1. The van der Waals surface area contributed by atoms with E-state index in [9.17, 15) is 39.6 Å². The van der Waals surface area contributed by atoms with Gasteiger partial charge in [-0.2, -0.15) is 0 Å². The summed E-state index contributed by atoms with van der Waals surface area (Å²) in [5.74, 6) is -10.2. The third kappa shape index (κ3) is 4.16. The molecule has 4 aliphatic rings. The predicted octanol–water partition coefficient (Wildman–Crippen LogP) is 0.471. The number of nitrogens with one attached hydrogen (secondary N) is 1. The van der Waals surface area contributed by atoms with Gasteiger partial charge >= 0.3 is 0 Å². The molecule has 0 aromatic heterocycles. The molecule has 2 amide bonds. The van der Waals surface area contributed by atoms with Gasteiger partial charge in [0.25, 0.3) is 5.91 Å². The third-order valence-corrected chi connectivity index (χ3v) is 8.54. The lowest BCUT2D eigenvalue weighted by Gasteiger charge is -2.47. The Labute approximate surface area is 228 Å². The van der Waals surface area contributed by atoms with Gasteiger partial charge in [0.05, 0.1) is 23.8 Å². The summed E-state index contributed by atoms with van der Waals surface area (Å²) in [7, 11) is 0. The summed E-state index contributed by atoms with van der Waals surface area (Å²) < 4.78 is 15.3. The van der Waals surface area contributed by atoms with E-state index < -0.39 is 86.7 Å². The lowest BCUT2D eigenvalue weighted by molar-refractivity contribution is -0.145. The highest BCUT2D eigenvalue weighted by Gasteiger charge is 2.62. The van der Waals surface area contributed by atoms with Crippen molar-refractivity contribution in [2.45, 2.75) is 50.2 Å². The van der Waals surface area contributed by atoms with Gasteiger partial charge in [0.15, 0.2) is 17.1 Å². The second-order valence-corrected chi connectivity index (χ2v) is 10.9. The highest BCUT2D eigenvalue weighted by Crippen LogP contribution is 2.52. The lowest BCUT2D eigenvalue weighted by atomic mass is 9.59. The van der Waals surface area contributed by atoms with E-state index in [1.807, 2.05) is 4.90 Å². The Morgan fingerprint density at radius 1 is 1.12 bits per heavy atom. The number of fused-ring (bicyclic) bond motifs is 3. The summed E-state index contributed by atoms with van der Waals surface area (Å²) in [6.07, 6.45) is 3.56. The summed E-state index contributed by atoms with van der Waals surface area (Å²) in [6.45, 7) is 1.46. The number of aliphatic hydroxyl groups excluding tert-OH is 2. The Morgan fingerprint density at radius 2 is 1.77 bits per heavy atom. The zero-order chi connectivity index (χ0) is 29.1. The average Bonchev–Trinajstić information content (AvgIpc) is 3.16. The van der Waals surface area contributed by atoms with Gasteiger partial charge in [-0.15, -0.1) is 0 Å². The van der Waals surface area contributed by atoms with Crippen LogP contribution in [-0.4, -0.2) is 80.0 Å². The van der Waals surface area contributed by atoms with Crippen molar-refractivity contribution in [3.05, 3.63) is 45.7 Å². The molecule has 1 heterocycles. The molecule has 1 aliphatic heterocycles. The van der Waals surface area contributed by atoms with E-state index in [4.69, 9.17) is 11.5 Å². The van der Waals surface area contributed by atoms with Gasteiger partial charge in [-0.05, 0) is 44.7 Å². The number of hydrogen-bond acceptors (Lipinski definition) is 10. The minimum absolute atomic E-state index is 0.0133. The largest absolute Gasteiger partial charge is 0.510 e. The minimum atomic E-state index is -2.86. The first kappa shape index (κ1) is 27.7. The average molecular weight is 559 g/mol. The van der Waals surface area contributed by atoms with E-state index in [2.05, 4.69) is 5.32 Å². The van der Waals surface area contributed by atoms with E-state index in [-0.39, 0.29) is 30.6 Å². The van der Waals surface area contributed by atoms with Crippen LogP contribution in [0.4, 0.5) is 10.1 Å². The molecule has 1 fully saturated rings. The molecule has 0 unspecified atom stereocenters. The molecule has 9 N–H and O–H groups in total. The van der Waals surface area contributed by atoms with Gasteiger partial charge in [0, 0.05) is 23.1 Å². The minimum Gasteiger partial charge on any atom is -0.510 e. The van der Waals surface area contributed by atoms with Crippen molar-refractivity contribution in [3.63, 3.8) is 0 Å². The molecule has 1 saturated heterocycles. The van der Waals surface area contributed by atoms with E-state index in [0.29, 0.717) is 0 Å². The highest BCUT2D eigenvalue weighted by atomic mass is 19.1. The first-order valence-corrected chi connectivity index (χ1v) is 13.2. The van der Waals surface area contributed by atoms with Gasteiger partial charge < -0.3 is 37.2 Å². The van der Waals surface area contributed by atoms with Crippen molar-refractivity contribution in [1.82, 2.24) is 4.90 Å². The number of hydrogen-bond donors (Lipinski definition) is 7. The number of aromatic hydroxyl groups is 1. The smallest absolute Gasteiger partial charge is 0.255 e. The number of anilines is 1. The number of Topliss-reactive ketones (excluding diaryl/α,β-unsaturated/α-hetero) is 2. The number of allylic oxidation sites excluding steroid dienone is 1. The molecule has 1 aromatic carbocycles. The Bertz CT molecular complexity index is 1400. The van der Waals surface area contributed by atoms with Crippen LogP contribution in [0.2, 0.25) is 0 Å². The molecule has 0 spiro atoms. The molecule has 0 saturated carbocycles. The van der Waals surface area contributed by atoms with Crippen LogP contribution in [0.15, 0.2) is 28.7 Å². The molecule has 5 rings (SSSR count). The van der Waals surface area contributed by atoms with Crippen LogP contribution < -0.4 is 16.8 Å². The number of likely N-dealkylation sites (tertiary alicyclic amines) is 1. The van der Waals surface area contributed by atoms with Crippen molar-refractivity contribution >= 4 is 29.1 Å². The number of aliphatic hydroxyl groups is 3. The molecule has 4 atom stereocenters. The fourth-order valence-electron chi connectivity index (χ4n) is 6.52. The van der Waals surface area contributed by atoms with Crippen LogP contribution in [0.1, 0.15) is 48.0 Å². The van der Waals surface area contributed by atoms with Gasteiger partial charge in [-0.3, -0.25) is 24.1 Å². The van der Waals surface area contributed by atoms with Crippen molar-refractivity contribution in [1.29, 1.82) is 0 Å². The summed E-state index contributed by atoms with van der Waals surface area (Å²) in [5, 5.41) is 46.3. The number of carbonyl (C=O) groups is 4. The number of amides is 2. The van der Waals surface area contributed by atoms with Gasteiger partial charge in [-0.1, -0.05) is 12.8 Å². The second kappa shape index (κ2) is 9.98. The Balaban J connectivity index is 1.51. The molecule has 3 aliphatic carbocycles. The number of phenolic OH excluding ortho intramolecular Hbond substituents is 1. The second-order valence-electron chi connectivity index (χ2n) is 10.9.